The number of benzene rings is 1. The lowest BCUT2D eigenvalue weighted by Crippen LogP contribution is -2.54. The summed E-state index contributed by atoms with van der Waals surface area (Å²) in [4.78, 5) is 50.6. The second kappa shape index (κ2) is 19.1. The van der Waals surface area contributed by atoms with Gasteiger partial charge in [0.1, 0.15) is 6.04 Å². The number of carbonyl (C=O) groups excluding carboxylic acids is 4. The van der Waals surface area contributed by atoms with E-state index in [2.05, 4.69) is 33.2 Å². The zero-order chi connectivity index (χ0) is 29.3. The van der Waals surface area contributed by atoms with Crippen LogP contribution in [0.5, 0.6) is 0 Å². The summed E-state index contributed by atoms with van der Waals surface area (Å²) in [5.74, 6) is -2.14. The van der Waals surface area contributed by atoms with Gasteiger partial charge in [0.05, 0.1) is 90.4 Å². The molecule has 1 saturated heterocycles. The van der Waals surface area contributed by atoms with Gasteiger partial charge in [0.25, 0.3) is 11.8 Å². The SMILES string of the molecule is O=C1CCC(N2C(=O)c3cccc(NCCOCCOCCOCCOCCOCCOCCI)c3C2=O)C(=O)N1. The number of nitrogens with zero attached hydrogens (tertiary/aromatic N) is 1. The number of fused-ring (bicyclic) bond motifs is 1. The molecule has 0 radical (unpaired) electrons. The number of imide groups is 2. The van der Waals surface area contributed by atoms with E-state index >= 15 is 0 Å². The van der Waals surface area contributed by atoms with Gasteiger partial charge in [0, 0.05) is 23.1 Å². The molecule has 4 amide bonds. The van der Waals surface area contributed by atoms with Crippen LogP contribution >= 0.6 is 22.6 Å². The van der Waals surface area contributed by atoms with Crippen molar-refractivity contribution < 1.29 is 47.6 Å². The Bertz CT molecular complexity index is 1010. The minimum atomic E-state index is -0.999. The number of rotatable bonds is 22. The van der Waals surface area contributed by atoms with E-state index in [1.807, 2.05) is 0 Å². The molecule has 1 fully saturated rings. The van der Waals surface area contributed by atoms with Gasteiger partial charge < -0.3 is 33.7 Å². The second-order valence-electron chi connectivity index (χ2n) is 8.97. The first-order chi connectivity index (χ1) is 20.0. The largest absolute Gasteiger partial charge is 0.382 e. The van der Waals surface area contributed by atoms with E-state index in [-0.39, 0.29) is 24.0 Å². The van der Waals surface area contributed by atoms with Gasteiger partial charge in [-0.15, -0.1) is 0 Å². The van der Waals surface area contributed by atoms with E-state index in [4.69, 9.17) is 28.4 Å². The Kier molecular flexibility index (Phi) is 15.5. The van der Waals surface area contributed by atoms with Crippen molar-refractivity contribution in [3.63, 3.8) is 0 Å². The molecule has 0 saturated carbocycles. The Balaban J connectivity index is 1.19. The molecule has 1 aromatic rings. The monoisotopic (exact) mass is 691 g/mol. The fourth-order valence-corrected chi connectivity index (χ4v) is 4.49. The van der Waals surface area contributed by atoms with Crippen molar-refractivity contribution in [2.24, 2.45) is 0 Å². The lowest BCUT2D eigenvalue weighted by molar-refractivity contribution is -0.136. The highest BCUT2D eigenvalue weighted by Gasteiger charge is 2.45. The third kappa shape index (κ3) is 10.9. The van der Waals surface area contributed by atoms with Crippen LogP contribution in [0.15, 0.2) is 18.2 Å². The first-order valence-electron chi connectivity index (χ1n) is 13.7. The molecule has 14 heteroatoms. The van der Waals surface area contributed by atoms with Crippen LogP contribution in [0.1, 0.15) is 33.6 Å². The van der Waals surface area contributed by atoms with Gasteiger partial charge in [-0.3, -0.25) is 29.4 Å². The van der Waals surface area contributed by atoms with E-state index in [1.54, 1.807) is 18.2 Å². The molecule has 0 bridgehead atoms. The van der Waals surface area contributed by atoms with E-state index in [0.717, 1.165) is 15.9 Å². The van der Waals surface area contributed by atoms with Crippen molar-refractivity contribution in [1.29, 1.82) is 0 Å². The minimum absolute atomic E-state index is 0.0738. The number of carbonyl (C=O) groups is 4. The average molecular weight is 692 g/mol. The standard InChI is InChI=1S/C27H38IN3O10/c28-6-8-36-10-12-38-14-16-40-18-19-41-17-15-39-13-11-37-9-7-29-21-3-1-2-20-24(21)27(35)31(26(20)34)22-4-5-23(32)30-25(22)33/h1-3,22,29H,4-19H2,(H,30,32,33). The molecule has 2 N–H and O–H groups in total. The number of anilines is 1. The van der Waals surface area contributed by atoms with Gasteiger partial charge in [-0.25, -0.2) is 0 Å². The van der Waals surface area contributed by atoms with Crippen molar-refractivity contribution in [2.45, 2.75) is 18.9 Å². The molecule has 0 aromatic heterocycles. The number of alkyl halides is 1. The molecule has 0 aliphatic carbocycles. The fourth-order valence-electron chi connectivity index (χ4n) is 4.18. The summed E-state index contributed by atoms with van der Waals surface area (Å²) in [5, 5.41) is 5.32. The number of nitrogens with one attached hydrogen (secondary N) is 2. The number of hydrogen-bond donors (Lipinski definition) is 2. The third-order valence-corrected chi connectivity index (χ3v) is 6.55. The molecule has 2 heterocycles. The molecule has 2 aliphatic rings. The molecular formula is C27H38IN3O10. The Hall–Kier alpha value is -2.21. The van der Waals surface area contributed by atoms with Crippen molar-refractivity contribution in [3.05, 3.63) is 29.3 Å². The summed E-state index contributed by atoms with van der Waals surface area (Å²) in [6.45, 7) is 6.38. The van der Waals surface area contributed by atoms with Crippen molar-refractivity contribution in [3.8, 4) is 0 Å². The number of piperidine rings is 1. The van der Waals surface area contributed by atoms with Crippen LogP contribution < -0.4 is 10.6 Å². The first-order valence-corrected chi connectivity index (χ1v) is 15.2. The zero-order valence-electron chi connectivity index (χ0n) is 23.0. The predicted molar refractivity (Wildman–Crippen MR) is 155 cm³/mol. The maximum Gasteiger partial charge on any atom is 0.264 e. The van der Waals surface area contributed by atoms with Gasteiger partial charge in [-0.2, -0.15) is 0 Å². The molecule has 2 aliphatic heterocycles. The zero-order valence-corrected chi connectivity index (χ0v) is 25.2. The Morgan fingerprint density at radius 1 is 0.756 bits per heavy atom. The highest BCUT2D eigenvalue weighted by atomic mass is 127. The number of halogens is 1. The van der Waals surface area contributed by atoms with Crippen molar-refractivity contribution in [1.82, 2.24) is 10.2 Å². The summed E-state index contributed by atoms with van der Waals surface area (Å²) < 4.78 is 33.6. The topological polar surface area (TPSA) is 151 Å². The van der Waals surface area contributed by atoms with Gasteiger partial charge in [-0.1, -0.05) is 28.7 Å². The molecule has 1 aromatic carbocycles. The van der Waals surface area contributed by atoms with Crippen LogP contribution in [0.25, 0.3) is 0 Å². The molecule has 1 unspecified atom stereocenters. The quantitative estimate of drug-likeness (QED) is 0.0777. The fraction of sp³-hybridized carbons (Fsp3) is 0.630. The molecule has 1 atom stereocenters. The van der Waals surface area contributed by atoms with Crippen LogP contribution in [0.2, 0.25) is 0 Å². The minimum Gasteiger partial charge on any atom is -0.382 e. The van der Waals surface area contributed by atoms with E-state index in [1.165, 1.54) is 0 Å². The average Bonchev–Trinajstić information content (AvgIpc) is 3.22. The summed E-state index contributed by atoms with van der Waals surface area (Å²) in [5.41, 5.74) is 0.933. The normalized spacial score (nSPS) is 16.8. The lowest BCUT2D eigenvalue weighted by Gasteiger charge is -2.27. The number of amides is 4. The summed E-state index contributed by atoms with van der Waals surface area (Å²) >= 11 is 2.26. The lowest BCUT2D eigenvalue weighted by atomic mass is 10.0. The smallest absolute Gasteiger partial charge is 0.264 e. The highest BCUT2D eigenvalue weighted by Crippen LogP contribution is 2.32. The second-order valence-corrected chi connectivity index (χ2v) is 10.0. The predicted octanol–water partition coefficient (Wildman–Crippen LogP) is 1.03. The Morgan fingerprint density at radius 2 is 1.29 bits per heavy atom. The Morgan fingerprint density at radius 3 is 1.83 bits per heavy atom. The summed E-state index contributed by atoms with van der Waals surface area (Å²) in [6, 6.07) is 3.93. The van der Waals surface area contributed by atoms with Crippen LogP contribution in [-0.4, -0.2) is 125 Å². The maximum atomic E-state index is 13.1. The Labute approximate surface area is 253 Å². The van der Waals surface area contributed by atoms with E-state index < -0.39 is 29.7 Å². The number of ether oxygens (including phenoxy) is 6. The molecule has 13 nitrogen and oxygen atoms in total. The summed E-state index contributed by atoms with van der Waals surface area (Å²) in [7, 11) is 0. The molecule has 41 heavy (non-hydrogen) atoms. The van der Waals surface area contributed by atoms with E-state index in [9.17, 15) is 19.2 Å². The maximum absolute atomic E-state index is 13.1. The van der Waals surface area contributed by atoms with Gasteiger partial charge in [-0.05, 0) is 18.6 Å². The third-order valence-electron chi connectivity index (χ3n) is 6.11. The van der Waals surface area contributed by atoms with Crippen molar-refractivity contribution in [2.75, 3.05) is 95.6 Å². The highest BCUT2D eigenvalue weighted by molar-refractivity contribution is 14.1. The van der Waals surface area contributed by atoms with E-state index in [0.29, 0.717) is 84.9 Å². The van der Waals surface area contributed by atoms with Gasteiger partial charge in [0.15, 0.2) is 0 Å². The van der Waals surface area contributed by atoms with Crippen LogP contribution in [0, 0.1) is 0 Å². The molecule has 228 valence electrons. The van der Waals surface area contributed by atoms with Gasteiger partial charge >= 0.3 is 0 Å². The molecular weight excluding hydrogens is 653 g/mol. The molecule has 3 rings (SSSR count). The first kappa shape index (κ1) is 33.3. The summed E-state index contributed by atoms with van der Waals surface area (Å²) in [6.07, 6.45) is 0.186. The van der Waals surface area contributed by atoms with Crippen LogP contribution in [-0.2, 0) is 38.0 Å². The van der Waals surface area contributed by atoms with Crippen molar-refractivity contribution >= 4 is 51.9 Å². The molecule has 0 spiro atoms. The number of hydrogen-bond acceptors (Lipinski definition) is 11. The van der Waals surface area contributed by atoms with Gasteiger partial charge in [0.2, 0.25) is 11.8 Å². The van der Waals surface area contributed by atoms with Crippen LogP contribution in [0.3, 0.4) is 0 Å². The van der Waals surface area contributed by atoms with Crippen LogP contribution in [0.4, 0.5) is 5.69 Å².